The topological polar surface area (TPSA) is 63.6 Å². The molecule has 1 aromatic rings. The normalized spacial score (nSPS) is 19.9. The zero-order valence-electron chi connectivity index (χ0n) is 8.68. The molecule has 1 N–H and O–H groups in total. The van der Waals surface area contributed by atoms with Crippen LogP contribution in [0.5, 0.6) is 5.75 Å². The van der Waals surface area contributed by atoms with Gasteiger partial charge in [0, 0.05) is 13.0 Å². The first-order valence-electron chi connectivity index (χ1n) is 5.15. The van der Waals surface area contributed by atoms with Gasteiger partial charge in [0.2, 0.25) is 0 Å². The van der Waals surface area contributed by atoms with Gasteiger partial charge in [0.15, 0.2) is 17.7 Å². The Morgan fingerprint density at radius 2 is 2.06 bits per heavy atom. The van der Waals surface area contributed by atoms with Gasteiger partial charge in [-0.25, -0.2) is 0 Å². The third kappa shape index (κ3) is 1.97. The number of ketones is 2. The average Bonchev–Trinajstić information content (AvgIpc) is 2.39. The predicted molar refractivity (Wildman–Crippen MR) is 56.5 cm³/mol. The number of aliphatic hydroxyl groups excluding tert-OH is 1. The molecule has 0 radical (unpaired) electrons. The molecule has 0 spiro atoms. The largest absolute Gasteiger partial charge is 0.482 e. The van der Waals surface area contributed by atoms with Gasteiger partial charge in [0.25, 0.3) is 0 Å². The number of fused-ring (bicyclic) bond motifs is 1. The van der Waals surface area contributed by atoms with E-state index < -0.39 is 6.10 Å². The van der Waals surface area contributed by atoms with E-state index in [2.05, 4.69) is 0 Å². The summed E-state index contributed by atoms with van der Waals surface area (Å²) in [7, 11) is 0. The highest BCUT2D eigenvalue weighted by Crippen LogP contribution is 2.25. The lowest BCUT2D eigenvalue weighted by Gasteiger charge is -2.14. The Kier molecular flexibility index (Phi) is 3.01. The van der Waals surface area contributed by atoms with Crippen LogP contribution < -0.4 is 4.74 Å². The maximum absolute atomic E-state index is 11.7. The summed E-state index contributed by atoms with van der Waals surface area (Å²) in [6.45, 7) is -0.132. The maximum Gasteiger partial charge on any atom is 0.181 e. The molecule has 1 aliphatic heterocycles. The van der Waals surface area contributed by atoms with Gasteiger partial charge in [-0.1, -0.05) is 12.1 Å². The molecule has 0 saturated carbocycles. The van der Waals surface area contributed by atoms with Crippen molar-refractivity contribution in [3.63, 3.8) is 0 Å². The Labute approximate surface area is 92.8 Å². The molecular weight excluding hydrogens is 208 g/mol. The number of hydrogen-bond donors (Lipinski definition) is 1. The highest BCUT2D eigenvalue weighted by Gasteiger charge is 2.29. The van der Waals surface area contributed by atoms with E-state index in [9.17, 15) is 9.59 Å². The molecule has 1 heterocycles. The lowest BCUT2D eigenvalue weighted by Crippen LogP contribution is -2.27. The van der Waals surface area contributed by atoms with Crippen molar-refractivity contribution in [2.75, 3.05) is 6.61 Å². The molecule has 4 nitrogen and oxygen atoms in total. The van der Waals surface area contributed by atoms with Gasteiger partial charge in [-0.15, -0.1) is 0 Å². The van der Waals surface area contributed by atoms with Gasteiger partial charge < -0.3 is 9.84 Å². The fraction of sp³-hybridized carbons (Fsp3) is 0.333. The third-order valence-electron chi connectivity index (χ3n) is 2.54. The van der Waals surface area contributed by atoms with E-state index in [-0.39, 0.29) is 31.0 Å². The average molecular weight is 220 g/mol. The second-order valence-corrected chi connectivity index (χ2v) is 3.68. The lowest BCUT2D eigenvalue weighted by molar-refractivity contribution is -0.125. The van der Waals surface area contributed by atoms with Crippen molar-refractivity contribution < 1.29 is 19.4 Å². The molecule has 2 rings (SSSR count). The summed E-state index contributed by atoms with van der Waals surface area (Å²) in [5, 5.41) is 8.82. The SMILES string of the molecule is O=C1CC(=O)C(CCO)Oc2ccccc21. The number of carbonyl (C=O) groups is 2. The van der Waals surface area contributed by atoms with Gasteiger partial charge >= 0.3 is 0 Å². The van der Waals surface area contributed by atoms with Gasteiger partial charge in [-0.3, -0.25) is 9.59 Å². The first kappa shape index (κ1) is 10.8. The van der Waals surface area contributed by atoms with Gasteiger partial charge in [-0.2, -0.15) is 0 Å². The number of ether oxygens (including phenoxy) is 1. The minimum absolute atomic E-state index is 0.132. The number of benzene rings is 1. The molecular formula is C12H12O4. The molecule has 1 atom stereocenters. The molecule has 16 heavy (non-hydrogen) atoms. The smallest absolute Gasteiger partial charge is 0.181 e. The number of para-hydroxylation sites is 1. The van der Waals surface area contributed by atoms with Gasteiger partial charge in [0.1, 0.15) is 5.75 Å². The zero-order chi connectivity index (χ0) is 11.5. The molecule has 1 aliphatic rings. The number of aliphatic hydroxyl groups is 1. The Bertz CT molecular complexity index is 425. The first-order chi connectivity index (χ1) is 7.72. The molecule has 0 fully saturated rings. The first-order valence-corrected chi connectivity index (χ1v) is 5.15. The van der Waals surface area contributed by atoms with E-state index in [0.717, 1.165) is 0 Å². The molecule has 4 heteroatoms. The number of rotatable bonds is 2. The molecule has 84 valence electrons. The lowest BCUT2D eigenvalue weighted by atomic mass is 10.0. The van der Waals surface area contributed by atoms with Crippen molar-refractivity contribution >= 4 is 11.6 Å². The second-order valence-electron chi connectivity index (χ2n) is 3.68. The second kappa shape index (κ2) is 4.45. The van der Waals surface area contributed by atoms with Crippen LogP contribution in [-0.4, -0.2) is 29.4 Å². The predicted octanol–water partition coefficient (Wildman–Crippen LogP) is 0.972. The summed E-state index contributed by atoms with van der Waals surface area (Å²) in [4.78, 5) is 23.3. The highest BCUT2D eigenvalue weighted by atomic mass is 16.5. The van der Waals surface area contributed by atoms with Crippen molar-refractivity contribution in [1.29, 1.82) is 0 Å². The summed E-state index contributed by atoms with van der Waals surface area (Å²) >= 11 is 0. The Morgan fingerprint density at radius 3 is 2.81 bits per heavy atom. The fourth-order valence-electron chi connectivity index (χ4n) is 1.72. The van der Waals surface area contributed by atoms with Crippen molar-refractivity contribution in [2.24, 2.45) is 0 Å². The quantitative estimate of drug-likeness (QED) is 0.754. The van der Waals surface area contributed by atoms with Crippen LogP contribution in [0.25, 0.3) is 0 Å². The summed E-state index contributed by atoms with van der Waals surface area (Å²) in [6.07, 6.45) is -0.639. The van der Waals surface area contributed by atoms with Crippen LogP contribution in [0.2, 0.25) is 0 Å². The van der Waals surface area contributed by atoms with E-state index >= 15 is 0 Å². The van der Waals surface area contributed by atoms with Crippen LogP contribution in [0.15, 0.2) is 24.3 Å². The minimum atomic E-state index is -0.711. The molecule has 0 amide bonds. The summed E-state index contributed by atoms with van der Waals surface area (Å²) in [5.74, 6) is -0.0620. The van der Waals surface area contributed by atoms with Crippen molar-refractivity contribution in [2.45, 2.75) is 18.9 Å². The monoisotopic (exact) mass is 220 g/mol. The van der Waals surface area contributed by atoms with Gasteiger partial charge in [-0.05, 0) is 12.1 Å². The van der Waals surface area contributed by atoms with Gasteiger partial charge in [0.05, 0.1) is 12.0 Å². The molecule has 1 aromatic carbocycles. The van der Waals surface area contributed by atoms with E-state index in [4.69, 9.17) is 9.84 Å². The van der Waals surface area contributed by atoms with Crippen molar-refractivity contribution in [3.8, 4) is 5.75 Å². The van der Waals surface area contributed by atoms with Crippen LogP contribution in [0.3, 0.4) is 0 Å². The Hall–Kier alpha value is -1.68. The van der Waals surface area contributed by atoms with E-state index in [0.29, 0.717) is 11.3 Å². The van der Waals surface area contributed by atoms with Crippen LogP contribution >= 0.6 is 0 Å². The summed E-state index contributed by atoms with van der Waals surface area (Å²) in [5.41, 5.74) is 0.441. The van der Waals surface area contributed by atoms with E-state index in [1.807, 2.05) is 0 Å². The Balaban J connectivity index is 2.35. The van der Waals surface area contributed by atoms with Crippen molar-refractivity contribution in [1.82, 2.24) is 0 Å². The number of Topliss-reactive ketones (excluding diaryl/α,β-unsaturated/α-hetero) is 2. The summed E-state index contributed by atoms with van der Waals surface area (Å²) in [6, 6.07) is 6.79. The molecule has 1 unspecified atom stereocenters. The van der Waals surface area contributed by atoms with Crippen LogP contribution in [0.1, 0.15) is 23.2 Å². The maximum atomic E-state index is 11.7. The van der Waals surface area contributed by atoms with Crippen LogP contribution in [-0.2, 0) is 4.79 Å². The Morgan fingerprint density at radius 1 is 1.31 bits per heavy atom. The summed E-state index contributed by atoms with van der Waals surface area (Å²) < 4.78 is 5.45. The fourth-order valence-corrected chi connectivity index (χ4v) is 1.72. The van der Waals surface area contributed by atoms with E-state index in [1.54, 1.807) is 24.3 Å². The highest BCUT2D eigenvalue weighted by molar-refractivity contribution is 6.11. The number of hydrogen-bond acceptors (Lipinski definition) is 4. The molecule has 0 aromatic heterocycles. The zero-order valence-corrected chi connectivity index (χ0v) is 8.68. The third-order valence-corrected chi connectivity index (χ3v) is 2.54. The van der Waals surface area contributed by atoms with Crippen LogP contribution in [0, 0.1) is 0 Å². The standard InChI is InChI=1S/C12H12O4/c13-6-5-12-10(15)7-9(14)8-3-1-2-4-11(8)16-12/h1-4,12-13H,5-7H2. The van der Waals surface area contributed by atoms with E-state index in [1.165, 1.54) is 0 Å². The molecule has 0 saturated heterocycles. The minimum Gasteiger partial charge on any atom is -0.482 e. The van der Waals surface area contributed by atoms with Crippen molar-refractivity contribution in [3.05, 3.63) is 29.8 Å². The number of carbonyl (C=O) groups excluding carboxylic acids is 2. The van der Waals surface area contributed by atoms with Crippen LogP contribution in [0.4, 0.5) is 0 Å². The molecule has 0 aliphatic carbocycles. The molecule has 0 bridgehead atoms.